The van der Waals surface area contributed by atoms with Crippen molar-refractivity contribution in [2.45, 2.75) is 20.0 Å². The zero-order valence-electron chi connectivity index (χ0n) is 15.0. The molecule has 0 aliphatic heterocycles. The van der Waals surface area contributed by atoms with Crippen molar-refractivity contribution in [1.29, 1.82) is 0 Å². The number of benzene rings is 2. The molecule has 1 heterocycles. The van der Waals surface area contributed by atoms with Crippen molar-refractivity contribution >= 4 is 33.0 Å². The van der Waals surface area contributed by atoms with Crippen LogP contribution >= 0.6 is 15.9 Å². The van der Waals surface area contributed by atoms with Gasteiger partial charge in [-0.25, -0.2) is 4.79 Å². The lowest BCUT2D eigenvalue weighted by atomic mass is 10.2. The minimum atomic E-state index is -0.622. The molecule has 0 spiro atoms. The van der Waals surface area contributed by atoms with Crippen LogP contribution in [0.3, 0.4) is 0 Å². The molecule has 0 radical (unpaired) electrons. The second-order valence-electron chi connectivity index (χ2n) is 6.03. The summed E-state index contributed by atoms with van der Waals surface area (Å²) < 4.78 is 12.7. The molecule has 27 heavy (non-hydrogen) atoms. The predicted octanol–water partition coefficient (Wildman–Crippen LogP) is 3.13. The first-order valence-corrected chi connectivity index (χ1v) is 9.02. The first-order valence-electron chi connectivity index (χ1n) is 8.23. The fourth-order valence-corrected chi connectivity index (χ4v) is 3.03. The van der Waals surface area contributed by atoms with Gasteiger partial charge in [0.1, 0.15) is 0 Å². The first kappa shape index (κ1) is 18.9. The Labute approximate surface area is 163 Å². The number of nitrogens with zero attached hydrogens (tertiary/aromatic N) is 2. The highest BCUT2D eigenvalue weighted by atomic mass is 79.9. The molecule has 7 nitrogen and oxygen atoms in total. The molecule has 8 heteroatoms. The molecule has 0 fully saturated rings. The maximum absolute atomic E-state index is 12.6. The van der Waals surface area contributed by atoms with Gasteiger partial charge < -0.3 is 14.5 Å². The van der Waals surface area contributed by atoms with Gasteiger partial charge in [0.2, 0.25) is 0 Å². The molecule has 0 amide bonds. The standard InChI is InChI=1S/C19H18BrN3O4/c1-11(2)27-17-12(8-13(20)9-16(17)26-3)10-21-23-18(24)14-6-4-5-7-15(14)22-19(23)25/h4-11H,1-3H3,(H,22,25). The smallest absolute Gasteiger partial charge is 0.349 e. The van der Waals surface area contributed by atoms with Crippen LogP contribution in [0, 0.1) is 0 Å². The molecule has 3 rings (SSSR count). The Morgan fingerprint density at radius 3 is 2.67 bits per heavy atom. The Kier molecular flexibility index (Phi) is 5.46. The van der Waals surface area contributed by atoms with Crippen LogP contribution in [0.4, 0.5) is 0 Å². The van der Waals surface area contributed by atoms with Gasteiger partial charge >= 0.3 is 5.69 Å². The topological polar surface area (TPSA) is 85.7 Å². The fourth-order valence-electron chi connectivity index (χ4n) is 2.58. The molecule has 1 N–H and O–H groups in total. The lowest BCUT2D eigenvalue weighted by Gasteiger charge is -2.16. The zero-order chi connectivity index (χ0) is 19.6. The Morgan fingerprint density at radius 1 is 1.22 bits per heavy atom. The van der Waals surface area contributed by atoms with Crippen LogP contribution in [-0.4, -0.2) is 29.1 Å². The third-order valence-corrected chi connectivity index (χ3v) is 4.18. The number of methoxy groups -OCH3 is 1. The lowest BCUT2D eigenvalue weighted by molar-refractivity contribution is 0.229. The van der Waals surface area contributed by atoms with E-state index in [9.17, 15) is 9.59 Å². The highest BCUT2D eigenvalue weighted by Gasteiger charge is 2.14. The van der Waals surface area contributed by atoms with Crippen LogP contribution in [0.1, 0.15) is 19.4 Å². The molecular weight excluding hydrogens is 414 g/mol. The van der Waals surface area contributed by atoms with E-state index in [4.69, 9.17) is 9.47 Å². The highest BCUT2D eigenvalue weighted by molar-refractivity contribution is 9.10. The third kappa shape index (κ3) is 3.95. The number of aromatic amines is 1. The number of aromatic nitrogens is 2. The fraction of sp³-hybridized carbons (Fsp3) is 0.211. The van der Waals surface area contributed by atoms with Gasteiger partial charge in [-0.15, -0.1) is 4.68 Å². The van der Waals surface area contributed by atoms with Gasteiger partial charge in [-0.05, 0) is 38.1 Å². The number of hydrogen-bond acceptors (Lipinski definition) is 5. The van der Waals surface area contributed by atoms with Gasteiger partial charge in [-0.1, -0.05) is 28.1 Å². The monoisotopic (exact) mass is 431 g/mol. The average molecular weight is 432 g/mol. The van der Waals surface area contributed by atoms with E-state index in [0.29, 0.717) is 28.0 Å². The van der Waals surface area contributed by atoms with Crippen LogP contribution in [0.25, 0.3) is 10.9 Å². The summed E-state index contributed by atoms with van der Waals surface area (Å²) in [5.41, 5.74) is -0.0941. The number of hydrogen-bond donors (Lipinski definition) is 1. The summed E-state index contributed by atoms with van der Waals surface area (Å²) in [4.78, 5) is 27.5. The largest absolute Gasteiger partial charge is 0.493 e. The second kappa shape index (κ2) is 7.79. The maximum Gasteiger partial charge on any atom is 0.349 e. The Balaban J connectivity index is 2.14. The summed E-state index contributed by atoms with van der Waals surface area (Å²) in [5.74, 6) is 0.990. The summed E-state index contributed by atoms with van der Waals surface area (Å²) in [6.45, 7) is 3.78. The van der Waals surface area contributed by atoms with Gasteiger partial charge in [-0.2, -0.15) is 5.10 Å². The van der Waals surface area contributed by atoms with E-state index in [1.165, 1.54) is 13.3 Å². The summed E-state index contributed by atoms with van der Waals surface area (Å²) >= 11 is 3.41. The van der Waals surface area contributed by atoms with Gasteiger partial charge in [0.25, 0.3) is 5.56 Å². The van der Waals surface area contributed by atoms with Crippen molar-refractivity contribution in [2.75, 3.05) is 7.11 Å². The Bertz CT molecular complexity index is 1130. The van der Waals surface area contributed by atoms with Crippen molar-refractivity contribution in [2.24, 2.45) is 5.10 Å². The number of nitrogens with one attached hydrogen (secondary N) is 1. The first-order chi connectivity index (χ1) is 12.9. The molecule has 2 aromatic carbocycles. The zero-order valence-corrected chi connectivity index (χ0v) is 16.6. The molecule has 3 aromatic rings. The van der Waals surface area contributed by atoms with Crippen LogP contribution in [0.15, 0.2) is 55.6 Å². The van der Waals surface area contributed by atoms with Gasteiger partial charge in [0.05, 0.1) is 30.3 Å². The quantitative estimate of drug-likeness (QED) is 0.628. The van der Waals surface area contributed by atoms with Crippen molar-refractivity contribution < 1.29 is 9.47 Å². The van der Waals surface area contributed by atoms with Crippen molar-refractivity contribution in [3.05, 3.63) is 67.3 Å². The van der Waals surface area contributed by atoms with Gasteiger partial charge in [-0.3, -0.25) is 4.79 Å². The van der Waals surface area contributed by atoms with Crippen LogP contribution in [0.2, 0.25) is 0 Å². The number of fused-ring (bicyclic) bond motifs is 1. The molecule has 0 aliphatic rings. The molecular formula is C19H18BrN3O4. The van der Waals surface area contributed by atoms with E-state index in [2.05, 4.69) is 26.0 Å². The van der Waals surface area contributed by atoms with Crippen molar-refractivity contribution in [3.63, 3.8) is 0 Å². The van der Waals surface area contributed by atoms with Crippen molar-refractivity contribution in [3.8, 4) is 11.5 Å². The van der Waals surface area contributed by atoms with E-state index in [0.717, 1.165) is 9.15 Å². The normalized spacial score (nSPS) is 11.4. The van der Waals surface area contributed by atoms with E-state index in [1.807, 2.05) is 13.8 Å². The molecule has 0 saturated carbocycles. The summed E-state index contributed by atoms with van der Waals surface area (Å²) in [5, 5.41) is 4.46. The van der Waals surface area contributed by atoms with Crippen molar-refractivity contribution in [1.82, 2.24) is 9.66 Å². The Morgan fingerprint density at radius 2 is 1.96 bits per heavy atom. The number of H-pyrrole nitrogens is 1. The highest BCUT2D eigenvalue weighted by Crippen LogP contribution is 2.34. The maximum atomic E-state index is 12.6. The molecule has 0 unspecified atom stereocenters. The summed E-state index contributed by atoms with van der Waals surface area (Å²) in [6.07, 6.45) is 1.30. The van der Waals surface area contributed by atoms with E-state index in [1.54, 1.807) is 36.4 Å². The predicted molar refractivity (Wildman–Crippen MR) is 108 cm³/mol. The van der Waals surface area contributed by atoms with Crippen LogP contribution < -0.4 is 20.7 Å². The number of rotatable bonds is 5. The minimum absolute atomic E-state index is 0.0981. The van der Waals surface area contributed by atoms with Crippen LogP contribution in [0.5, 0.6) is 11.5 Å². The van der Waals surface area contributed by atoms with Gasteiger partial charge in [0.15, 0.2) is 11.5 Å². The molecule has 0 atom stereocenters. The summed E-state index contributed by atoms with van der Waals surface area (Å²) in [7, 11) is 1.54. The average Bonchev–Trinajstić information content (AvgIpc) is 2.62. The Hall–Kier alpha value is -2.87. The molecule has 140 valence electrons. The number of ether oxygens (including phenoxy) is 2. The molecule has 0 saturated heterocycles. The second-order valence-corrected chi connectivity index (χ2v) is 6.95. The molecule has 0 aliphatic carbocycles. The number of para-hydroxylation sites is 1. The summed E-state index contributed by atoms with van der Waals surface area (Å²) in [6, 6.07) is 10.3. The number of halogens is 1. The third-order valence-electron chi connectivity index (χ3n) is 3.72. The van der Waals surface area contributed by atoms with E-state index in [-0.39, 0.29) is 6.10 Å². The molecule has 0 bridgehead atoms. The minimum Gasteiger partial charge on any atom is -0.493 e. The van der Waals surface area contributed by atoms with E-state index < -0.39 is 11.2 Å². The lowest BCUT2D eigenvalue weighted by Crippen LogP contribution is -2.32. The SMILES string of the molecule is COc1cc(Br)cc(C=Nn2c(=O)[nH]c3ccccc3c2=O)c1OC(C)C. The molecule has 1 aromatic heterocycles. The van der Waals surface area contributed by atoms with E-state index >= 15 is 0 Å². The van der Waals surface area contributed by atoms with Gasteiger partial charge in [0, 0.05) is 10.0 Å². The van der Waals surface area contributed by atoms with Crippen LogP contribution in [-0.2, 0) is 0 Å².